The topological polar surface area (TPSA) is 98.7 Å². The molecule has 0 radical (unpaired) electrons. The van der Waals surface area contributed by atoms with Crippen LogP contribution in [0.25, 0.3) is 0 Å². The van der Waals surface area contributed by atoms with Gasteiger partial charge in [0.05, 0.1) is 29.2 Å². The van der Waals surface area contributed by atoms with Crippen LogP contribution < -0.4 is 10.6 Å². The molecule has 2 bridgehead atoms. The van der Waals surface area contributed by atoms with Crippen molar-refractivity contribution in [2.24, 2.45) is 11.8 Å². The molecule has 3 amide bonds. The van der Waals surface area contributed by atoms with Crippen LogP contribution in [0.1, 0.15) is 69.9 Å². The molecule has 190 valence electrons. The number of rotatable bonds is 8. The first-order valence-corrected chi connectivity index (χ1v) is 14.1. The van der Waals surface area contributed by atoms with E-state index < -0.39 is 28.7 Å². The summed E-state index contributed by atoms with van der Waals surface area (Å²) in [5, 5.41) is 16.8. The van der Waals surface area contributed by atoms with Gasteiger partial charge in [-0.3, -0.25) is 14.4 Å². The highest BCUT2D eigenvalue weighted by atomic mass is 32.2. The first kappa shape index (κ1) is 24.6. The number of hydrogen-bond acceptors (Lipinski definition) is 5. The predicted octanol–water partition coefficient (Wildman–Crippen LogP) is 2.79. The van der Waals surface area contributed by atoms with E-state index in [-0.39, 0.29) is 35.6 Å². The molecular formula is C27H37N3O4S. The minimum Gasteiger partial charge on any atom is -0.394 e. The zero-order valence-corrected chi connectivity index (χ0v) is 21.3. The molecule has 5 rings (SSSR count). The normalized spacial score (nSPS) is 33.0. The smallest absolute Gasteiger partial charge is 0.244 e. The highest BCUT2D eigenvalue weighted by molar-refractivity contribution is 8.02. The Labute approximate surface area is 211 Å². The maximum Gasteiger partial charge on any atom is 0.244 e. The van der Waals surface area contributed by atoms with E-state index in [1.54, 1.807) is 16.7 Å². The molecule has 3 heterocycles. The van der Waals surface area contributed by atoms with Crippen molar-refractivity contribution in [2.75, 3.05) is 13.2 Å². The Morgan fingerprint density at radius 1 is 1.14 bits per heavy atom. The molecule has 6 atom stereocenters. The van der Waals surface area contributed by atoms with Crippen LogP contribution in [-0.4, -0.2) is 63.0 Å². The van der Waals surface area contributed by atoms with E-state index in [9.17, 15) is 19.5 Å². The fourth-order valence-electron chi connectivity index (χ4n) is 6.95. The molecule has 1 saturated carbocycles. The lowest BCUT2D eigenvalue weighted by atomic mass is 9.70. The van der Waals surface area contributed by atoms with Gasteiger partial charge in [0.1, 0.15) is 6.04 Å². The van der Waals surface area contributed by atoms with Gasteiger partial charge in [-0.05, 0) is 37.7 Å². The number of amides is 3. The Kier molecular flexibility index (Phi) is 7.13. The van der Waals surface area contributed by atoms with Crippen molar-refractivity contribution in [2.45, 2.75) is 86.4 Å². The van der Waals surface area contributed by atoms with Crippen LogP contribution in [0.15, 0.2) is 30.3 Å². The molecule has 3 N–H and O–H groups in total. The quantitative estimate of drug-likeness (QED) is 0.511. The van der Waals surface area contributed by atoms with Gasteiger partial charge < -0.3 is 20.6 Å². The Balaban J connectivity index is 1.52. The lowest BCUT2D eigenvalue weighted by molar-refractivity contribution is -0.143. The van der Waals surface area contributed by atoms with Gasteiger partial charge in [-0.15, -0.1) is 11.8 Å². The molecule has 0 aromatic heterocycles. The van der Waals surface area contributed by atoms with Gasteiger partial charge in [-0.25, -0.2) is 0 Å². The lowest BCUT2D eigenvalue weighted by Gasteiger charge is -2.38. The summed E-state index contributed by atoms with van der Waals surface area (Å²) in [6, 6.07) is 8.27. The molecule has 35 heavy (non-hydrogen) atoms. The van der Waals surface area contributed by atoms with Crippen LogP contribution in [0.3, 0.4) is 0 Å². The second-order valence-electron chi connectivity index (χ2n) is 10.5. The second kappa shape index (κ2) is 10.1. The molecule has 8 heteroatoms. The molecule has 2 unspecified atom stereocenters. The van der Waals surface area contributed by atoms with E-state index in [1.807, 2.05) is 37.3 Å². The molecule has 3 aliphatic heterocycles. The lowest BCUT2D eigenvalue weighted by Crippen LogP contribution is -2.56. The number of likely N-dealkylation sites (tertiary alicyclic amines) is 1. The van der Waals surface area contributed by atoms with Gasteiger partial charge in [0.15, 0.2) is 0 Å². The fraction of sp³-hybridized carbons (Fsp3) is 0.667. The van der Waals surface area contributed by atoms with Crippen LogP contribution >= 0.6 is 11.8 Å². The molecule has 4 aliphatic rings. The van der Waals surface area contributed by atoms with Gasteiger partial charge in [-0.1, -0.05) is 56.5 Å². The maximum absolute atomic E-state index is 14.2. The number of nitrogens with zero attached hydrogens (tertiary/aromatic N) is 1. The standard InChI is InChI=1S/C27H37N3O4S/c1-2-15-28-24(32)21-20-13-14-27(35-20)22(21)26(34)30(19(16-31)17-9-5-3-6-10-17)23(27)25(33)29-18-11-7-4-8-12-18/h3,5-6,9-10,18-23,31H,2,4,7-8,11-16H2,1H3,(H,28,32)(H,29,33)/t19-,20-,21+,22+,23?,27?/m1/s1. The van der Waals surface area contributed by atoms with Gasteiger partial charge in [0, 0.05) is 17.8 Å². The summed E-state index contributed by atoms with van der Waals surface area (Å²) < 4.78 is -0.628. The van der Waals surface area contributed by atoms with Crippen LogP contribution in [0.5, 0.6) is 0 Å². The second-order valence-corrected chi connectivity index (χ2v) is 12.1. The van der Waals surface area contributed by atoms with Crippen LogP contribution in [0.4, 0.5) is 0 Å². The SMILES string of the molecule is CCCNC(=O)[C@@H]1[C@H]2C(=O)N([C@H](CO)c3ccccc3)C(C(=O)NC3CCCCC3)C23CC[C@H]1S3. The number of benzene rings is 1. The van der Waals surface area contributed by atoms with Crippen molar-refractivity contribution < 1.29 is 19.5 Å². The summed E-state index contributed by atoms with van der Waals surface area (Å²) in [5.74, 6) is -1.33. The third-order valence-electron chi connectivity index (χ3n) is 8.48. The number of hydrogen-bond donors (Lipinski definition) is 3. The number of nitrogens with one attached hydrogen (secondary N) is 2. The average molecular weight is 500 g/mol. The van der Waals surface area contributed by atoms with Gasteiger partial charge in [0.25, 0.3) is 0 Å². The third-order valence-corrected chi connectivity index (χ3v) is 10.4. The number of fused-ring (bicyclic) bond motifs is 1. The van der Waals surface area contributed by atoms with E-state index in [2.05, 4.69) is 10.6 Å². The van der Waals surface area contributed by atoms with Crippen molar-refractivity contribution in [3.8, 4) is 0 Å². The van der Waals surface area contributed by atoms with Crippen LogP contribution in [-0.2, 0) is 14.4 Å². The zero-order chi connectivity index (χ0) is 24.6. The Bertz CT molecular complexity index is 953. The molecule has 7 nitrogen and oxygen atoms in total. The van der Waals surface area contributed by atoms with E-state index in [4.69, 9.17) is 0 Å². The van der Waals surface area contributed by atoms with Gasteiger partial charge in [-0.2, -0.15) is 0 Å². The summed E-state index contributed by atoms with van der Waals surface area (Å²) in [7, 11) is 0. The Morgan fingerprint density at radius 2 is 1.89 bits per heavy atom. The molecule has 3 saturated heterocycles. The van der Waals surface area contributed by atoms with Crippen LogP contribution in [0, 0.1) is 11.8 Å². The van der Waals surface area contributed by atoms with Crippen molar-refractivity contribution in [1.82, 2.24) is 15.5 Å². The van der Waals surface area contributed by atoms with E-state index in [0.717, 1.165) is 50.5 Å². The van der Waals surface area contributed by atoms with Gasteiger partial charge in [0.2, 0.25) is 17.7 Å². The minimum absolute atomic E-state index is 0.0530. The summed E-state index contributed by atoms with van der Waals surface area (Å²) >= 11 is 1.68. The number of aliphatic hydroxyl groups excluding tert-OH is 1. The molecule has 1 aliphatic carbocycles. The molecule has 1 spiro atoms. The highest BCUT2D eigenvalue weighted by Crippen LogP contribution is 2.67. The van der Waals surface area contributed by atoms with E-state index in [1.165, 1.54) is 6.42 Å². The number of thioether (sulfide) groups is 1. The Morgan fingerprint density at radius 3 is 2.57 bits per heavy atom. The van der Waals surface area contributed by atoms with Gasteiger partial charge >= 0.3 is 0 Å². The van der Waals surface area contributed by atoms with Crippen molar-refractivity contribution in [3.05, 3.63) is 35.9 Å². The number of carbonyl (C=O) groups excluding carboxylic acids is 3. The molecule has 4 fully saturated rings. The fourth-order valence-corrected chi connectivity index (χ4v) is 9.16. The summed E-state index contributed by atoms with van der Waals surface area (Å²) in [6.45, 7) is 2.32. The monoisotopic (exact) mass is 499 g/mol. The summed E-state index contributed by atoms with van der Waals surface area (Å²) in [4.78, 5) is 43.1. The molecule has 1 aromatic rings. The van der Waals surface area contributed by atoms with Crippen molar-refractivity contribution in [1.29, 1.82) is 0 Å². The zero-order valence-electron chi connectivity index (χ0n) is 20.4. The maximum atomic E-state index is 14.2. The number of aliphatic hydroxyl groups is 1. The molecule has 1 aromatic carbocycles. The van der Waals surface area contributed by atoms with E-state index in [0.29, 0.717) is 6.54 Å². The molecular weight excluding hydrogens is 462 g/mol. The first-order chi connectivity index (χ1) is 17.0. The minimum atomic E-state index is -0.696. The average Bonchev–Trinajstić information content (AvgIpc) is 3.52. The van der Waals surface area contributed by atoms with Crippen molar-refractivity contribution >= 4 is 29.5 Å². The highest BCUT2D eigenvalue weighted by Gasteiger charge is 2.74. The van der Waals surface area contributed by atoms with E-state index >= 15 is 0 Å². The van der Waals surface area contributed by atoms with Crippen molar-refractivity contribution in [3.63, 3.8) is 0 Å². The third kappa shape index (κ3) is 4.16. The predicted molar refractivity (Wildman–Crippen MR) is 136 cm³/mol. The largest absolute Gasteiger partial charge is 0.394 e. The Hall–Kier alpha value is -2.06. The summed E-state index contributed by atoms with van der Waals surface area (Å²) in [5.41, 5.74) is 0.807. The van der Waals surface area contributed by atoms with Crippen LogP contribution in [0.2, 0.25) is 0 Å². The first-order valence-electron chi connectivity index (χ1n) is 13.3. The summed E-state index contributed by atoms with van der Waals surface area (Å²) in [6.07, 6.45) is 7.72. The number of carbonyl (C=O) groups is 3.